The average molecular weight is 242 g/mol. The van der Waals surface area contributed by atoms with Gasteiger partial charge in [0.1, 0.15) is 0 Å². The Morgan fingerprint density at radius 3 is 2.88 bits per heavy atom. The van der Waals surface area contributed by atoms with Crippen molar-refractivity contribution in [2.45, 2.75) is 56.4 Å². The summed E-state index contributed by atoms with van der Waals surface area (Å²) >= 11 is 2.19. The van der Waals surface area contributed by atoms with E-state index in [2.05, 4.69) is 42.9 Å². The van der Waals surface area contributed by atoms with E-state index >= 15 is 0 Å². The van der Waals surface area contributed by atoms with Gasteiger partial charge in [-0.05, 0) is 58.9 Å². The van der Waals surface area contributed by atoms with E-state index in [9.17, 15) is 0 Å². The van der Waals surface area contributed by atoms with E-state index in [1.54, 1.807) is 0 Å². The minimum absolute atomic E-state index is 0.542. The molecule has 0 aromatic rings. The SMILES string of the molecule is CNC1CCN(CC2(C)CCCS2)C(C)C1. The molecule has 0 aromatic carbocycles. The summed E-state index contributed by atoms with van der Waals surface area (Å²) in [6, 6.07) is 1.50. The van der Waals surface area contributed by atoms with Gasteiger partial charge in [0.2, 0.25) is 0 Å². The predicted octanol–water partition coefficient (Wildman–Crippen LogP) is 2.34. The van der Waals surface area contributed by atoms with E-state index in [4.69, 9.17) is 0 Å². The summed E-state index contributed by atoms with van der Waals surface area (Å²) in [6.07, 6.45) is 5.47. The van der Waals surface area contributed by atoms with Crippen LogP contribution < -0.4 is 5.32 Å². The van der Waals surface area contributed by atoms with Crippen LogP contribution in [0.5, 0.6) is 0 Å². The van der Waals surface area contributed by atoms with Crippen molar-refractivity contribution in [2.75, 3.05) is 25.9 Å². The maximum absolute atomic E-state index is 3.43. The van der Waals surface area contributed by atoms with Gasteiger partial charge in [0.15, 0.2) is 0 Å². The summed E-state index contributed by atoms with van der Waals surface area (Å²) in [6.45, 7) is 7.44. The number of hydrogen-bond donors (Lipinski definition) is 1. The highest BCUT2D eigenvalue weighted by Crippen LogP contribution is 2.39. The molecule has 94 valence electrons. The molecule has 2 heterocycles. The number of nitrogens with zero attached hydrogens (tertiary/aromatic N) is 1. The van der Waals surface area contributed by atoms with Crippen molar-refractivity contribution in [3.63, 3.8) is 0 Å². The zero-order chi connectivity index (χ0) is 11.6. The number of thioether (sulfide) groups is 1. The minimum atomic E-state index is 0.542. The lowest BCUT2D eigenvalue weighted by atomic mass is 9.96. The Bertz CT molecular complexity index is 226. The highest BCUT2D eigenvalue weighted by Gasteiger charge is 2.34. The van der Waals surface area contributed by atoms with Gasteiger partial charge in [0.25, 0.3) is 0 Å². The van der Waals surface area contributed by atoms with Crippen LogP contribution in [0.25, 0.3) is 0 Å². The molecule has 16 heavy (non-hydrogen) atoms. The molecule has 2 aliphatic rings. The zero-order valence-electron chi connectivity index (χ0n) is 11.0. The summed E-state index contributed by atoms with van der Waals surface area (Å²) in [4.78, 5) is 2.71. The fraction of sp³-hybridized carbons (Fsp3) is 1.00. The van der Waals surface area contributed by atoms with Crippen LogP contribution in [0.1, 0.15) is 39.5 Å². The van der Waals surface area contributed by atoms with E-state index in [0.29, 0.717) is 4.75 Å². The molecule has 3 unspecified atom stereocenters. The van der Waals surface area contributed by atoms with Gasteiger partial charge in [0, 0.05) is 23.4 Å². The normalized spacial score (nSPS) is 41.4. The molecule has 2 fully saturated rings. The lowest BCUT2D eigenvalue weighted by Crippen LogP contribution is -2.50. The molecule has 2 aliphatic heterocycles. The fourth-order valence-corrected chi connectivity index (χ4v) is 4.44. The molecule has 0 spiro atoms. The number of nitrogens with one attached hydrogen (secondary N) is 1. The fourth-order valence-electron chi connectivity index (χ4n) is 3.11. The molecule has 2 rings (SSSR count). The maximum Gasteiger partial charge on any atom is 0.0259 e. The van der Waals surface area contributed by atoms with Crippen molar-refractivity contribution < 1.29 is 0 Å². The van der Waals surface area contributed by atoms with Gasteiger partial charge in [-0.15, -0.1) is 0 Å². The van der Waals surface area contributed by atoms with Gasteiger partial charge < -0.3 is 5.32 Å². The Morgan fingerprint density at radius 2 is 2.31 bits per heavy atom. The Morgan fingerprint density at radius 1 is 1.50 bits per heavy atom. The van der Waals surface area contributed by atoms with Crippen LogP contribution in [0.15, 0.2) is 0 Å². The molecular formula is C13H26N2S. The highest BCUT2D eigenvalue weighted by molar-refractivity contribution is 8.00. The second-order valence-electron chi connectivity index (χ2n) is 5.73. The molecule has 0 aliphatic carbocycles. The topological polar surface area (TPSA) is 15.3 Å². The first-order chi connectivity index (χ1) is 7.63. The first-order valence-electron chi connectivity index (χ1n) is 6.68. The molecule has 3 heteroatoms. The Labute approximate surface area is 105 Å². The van der Waals surface area contributed by atoms with Gasteiger partial charge >= 0.3 is 0 Å². The molecule has 2 nitrogen and oxygen atoms in total. The molecule has 3 atom stereocenters. The van der Waals surface area contributed by atoms with Crippen LogP contribution in [-0.2, 0) is 0 Å². The number of piperidine rings is 1. The summed E-state index contributed by atoms with van der Waals surface area (Å²) < 4.78 is 0.542. The van der Waals surface area contributed by atoms with Crippen molar-refractivity contribution in [2.24, 2.45) is 0 Å². The number of hydrogen-bond acceptors (Lipinski definition) is 3. The molecule has 0 bridgehead atoms. The lowest BCUT2D eigenvalue weighted by molar-refractivity contribution is 0.127. The molecule has 0 amide bonds. The second-order valence-corrected chi connectivity index (χ2v) is 7.41. The standard InChI is InChI=1S/C13H26N2S/c1-11-9-12(14-3)5-7-15(11)10-13(2)6-4-8-16-13/h11-12,14H,4-10H2,1-3H3. The summed E-state index contributed by atoms with van der Waals surface area (Å²) in [5.41, 5.74) is 0. The third-order valence-corrected chi connectivity index (χ3v) is 5.78. The van der Waals surface area contributed by atoms with Crippen LogP contribution in [-0.4, -0.2) is 47.6 Å². The number of rotatable bonds is 3. The van der Waals surface area contributed by atoms with Crippen molar-refractivity contribution in [1.29, 1.82) is 0 Å². The highest BCUT2D eigenvalue weighted by atomic mass is 32.2. The first kappa shape index (κ1) is 12.7. The second kappa shape index (κ2) is 5.28. The van der Waals surface area contributed by atoms with E-state index < -0.39 is 0 Å². The lowest BCUT2D eigenvalue weighted by Gasteiger charge is -2.41. The van der Waals surface area contributed by atoms with Crippen molar-refractivity contribution in [3.8, 4) is 0 Å². The molecule has 0 radical (unpaired) electrons. The minimum Gasteiger partial charge on any atom is -0.317 e. The molecule has 1 N–H and O–H groups in total. The molecule has 2 saturated heterocycles. The summed E-state index contributed by atoms with van der Waals surface area (Å²) in [5.74, 6) is 1.37. The third-order valence-electron chi connectivity index (χ3n) is 4.26. The molecule has 0 saturated carbocycles. The van der Waals surface area contributed by atoms with E-state index in [1.165, 1.54) is 44.5 Å². The van der Waals surface area contributed by atoms with Gasteiger partial charge in [0.05, 0.1) is 0 Å². The Kier molecular flexibility index (Phi) is 4.20. The van der Waals surface area contributed by atoms with Crippen LogP contribution in [0.4, 0.5) is 0 Å². The van der Waals surface area contributed by atoms with Crippen molar-refractivity contribution in [3.05, 3.63) is 0 Å². The van der Waals surface area contributed by atoms with Crippen molar-refractivity contribution in [1.82, 2.24) is 10.2 Å². The van der Waals surface area contributed by atoms with E-state index in [0.717, 1.165) is 12.1 Å². The van der Waals surface area contributed by atoms with E-state index in [1.807, 2.05) is 0 Å². The maximum atomic E-state index is 3.43. The number of likely N-dealkylation sites (tertiary alicyclic amines) is 1. The summed E-state index contributed by atoms with van der Waals surface area (Å²) in [7, 11) is 2.10. The quantitative estimate of drug-likeness (QED) is 0.818. The molecular weight excluding hydrogens is 216 g/mol. The van der Waals surface area contributed by atoms with Gasteiger partial charge in [-0.2, -0.15) is 11.8 Å². The van der Waals surface area contributed by atoms with Crippen molar-refractivity contribution >= 4 is 11.8 Å². The monoisotopic (exact) mass is 242 g/mol. The van der Waals surface area contributed by atoms with Crippen LogP contribution in [0, 0.1) is 0 Å². The smallest absolute Gasteiger partial charge is 0.0259 e. The zero-order valence-corrected chi connectivity index (χ0v) is 11.8. The van der Waals surface area contributed by atoms with Crippen LogP contribution in [0.3, 0.4) is 0 Å². The van der Waals surface area contributed by atoms with Crippen LogP contribution in [0.2, 0.25) is 0 Å². The Hall–Kier alpha value is 0.270. The van der Waals surface area contributed by atoms with Gasteiger partial charge in [-0.25, -0.2) is 0 Å². The predicted molar refractivity (Wildman–Crippen MR) is 73.2 cm³/mol. The molecule has 0 aromatic heterocycles. The average Bonchev–Trinajstić information content (AvgIpc) is 2.68. The van der Waals surface area contributed by atoms with Crippen LogP contribution >= 0.6 is 11.8 Å². The van der Waals surface area contributed by atoms with E-state index in [-0.39, 0.29) is 0 Å². The first-order valence-corrected chi connectivity index (χ1v) is 7.67. The largest absolute Gasteiger partial charge is 0.317 e. The third kappa shape index (κ3) is 2.93. The van der Waals surface area contributed by atoms with Gasteiger partial charge in [-0.1, -0.05) is 0 Å². The summed E-state index contributed by atoms with van der Waals surface area (Å²) in [5, 5.41) is 3.43. The van der Waals surface area contributed by atoms with Gasteiger partial charge in [-0.3, -0.25) is 4.90 Å². The Balaban J connectivity index is 1.86.